The Hall–Kier alpha value is -2.97. The number of hydrogen-bond acceptors (Lipinski definition) is 6. The first-order valence-electron chi connectivity index (χ1n) is 11.2. The Morgan fingerprint density at radius 3 is 2.61 bits per heavy atom. The molecule has 160 valence electrons. The van der Waals surface area contributed by atoms with Crippen molar-refractivity contribution < 1.29 is 0 Å². The van der Waals surface area contributed by atoms with Crippen LogP contribution < -0.4 is 4.90 Å². The SMILES string of the molecule is CN1CCN(C2CCN(c3cnc4c(-c5ccnc6[nH]ccc56)cnn4c3)CC2)CC1. The number of nitrogens with one attached hydrogen (secondary N) is 1. The largest absolute Gasteiger partial charge is 0.369 e. The number of piperidine rings is 1. The second kappa shape index (κ2) is 7.62. The zero-order valence-electron chi connectivity index (χ0n) is 17.9. The maximum Gasteiger partial charge on any atom is 0.162 e. The molecule has 8 nitrogen and oxygen atoms in total. The molecule has 2 aliphatic heterocycles. The number of aromatic nitrogens is 5. The number of hydrogen-bond donors (Lipinski definition) is 1. The van der Waals surface area contributed by atoms with Gasteiger partial charge in [-0.05, 0) is 37.6 Å². The average Bonchev–Trinajstić information content (AvgIpc) is 3.46. The predicted molar refractivity (Wildman–Crippen MR) is 122 cm³/mol. The third-order valence-corrected chi connectivity index (χ3v) is 6.98. The lowest BCUT2D eigenvalue weighted by atomic mass is 10.0. The van der Waals surface area contributed by atoms with Gasteiger partial charge < -0.3 is 14.8 Å². The van der Waals surface area contributed by atoms with Crippen LogP contribution in [0, 0.1) is 0 Å². The first kappa shape index (κ1) is 18.8. The van der Waals surface area contributed by atoms with Gasteiger partial charge in [0.2, 0.25) is 0 Å². The molecule has 2 fully saturated rings. The van der Waals surface area contributed by atoms with Crippen LogP contribution in [0.3, 0.4) is 0 Å². The fraction of sp³-hybridized carbons (Fsp3) is 0.435. The predicted octanol–water partition coefficient (Wildman–Crippen LogP) is 2.49. The van der Waals surface area contributed by atoms with E-state index in [4.69, 9.17) is 4.98 Å². The minimum atomic E-state index is 0.716. The summed E-state index contributed by atoms with van der Waals surface area (Å²) in [5, 5.41) is 5.71. The number of H-pyrrole nitrogens is 1. The van der Waals surface area contributed by atoms with Gasteiger partial charge in [0.25, 0.3) is 0 Å². The van der Waals surface area contributed by atoms with Gasteiger partial charge in [0, 0.05) is 68.7 Å². The van der Waals surface area contributed by atoms with Crippen LogP contribution in [0.1, 0.15) is 12.8 Å². The number of anilines is 1. The van der Waals surface area contributed by atoms with E-state index in [0.717, 1.165) is 46.6 Å². The quantitative estimate of drug-likeness (QED) is 0.553. The van der Waals surface area contributed by atoms with Crippen LogP contribution in [0.15, 0.2) is 43.1 Å². The lowest BCUT2D eigenvalue weighted by molar-refractivity contribution is 0.0982. The van der Waals surface area contributed by atoms with Gasteiger partial charge in [-0.25, -0.2) is 14.5 Å². The van der Waals surface area contributed by atoms with E-state index in [-0.39, 0.29) is 0 Å². The van der Waals surface area contributed by atoms with E-state index in [1.54, 1.807) is 0 Å². The van der Waals surface area contributed by atoms with Gasteiger partial charge in [0.1, 0.15) is 5.65 Å². The van der Waals surface area contributed by atoms with Crippen molar-refractivity contribution in [3.8, 4) is 11.1 Å². The van der Waals surface area contributed by atoms with Crippen molar-refractivity contribution in [3.63, 3.8) is 0 Å². The molecule has 31 heavy (non-hydrogen) atoms. The van der Waals surface area contributed by atoms with E-state index in [9.17, 15) is 0 Å². The van der Waals surface area contributed by atoms with Gasteiger partial charge in [-0.2, -0.15) is 5.10 Å². The summed E-state index contributed by atoms with van der Waals surface area (Å²) in [4.78, 5) is 20.0. The maximum atomic E-state index is 4.81. The fourth-order valence-corrected chi connectivity index (χ4v) is 5.09. The summed E-state index contributed by atoms with van der Waals surface area (Å²) in [5.74, 6) is 0. The van der Waals surface area contributed by atoms with Gasteiger partial charge in [-0.3, -0.25) is 4.90 Å². The molecule has 6 heterocycles. The number of likely N-dealkylation sites (N-methyl/N-ethyl adjacent to an activating group) is 1. The highest BCUT2D eigenvalue weighted by Crippen LogP contribution is 2.30. The molecule has 0 aromatic carbocycles. The fourth-order valence-electron chi connectivity index (χ4n) is 5.09. The molecule has 0 spiro atoms. The highest BCUT2D eigenvalue weighted by Gasteiger charge is 2.27. The highest BCUT2D eigenvalue weighted by molar-refractivity contribution is 5.96. The second-order valence-corrected chi connectivity index (χ2v) is 8.79. The van der Waals surface area contributed by atoms with Crippen molar-refractivity contribution >= 4 is 22.4 Å². The molecule has 0 saturated carbocycles. The van der Waals surface area contributed by atoms with Gasteiger partial charge in [0.05, 0.1) is 24.3 Å². The molecule has 1 N–H and O–H groups in total. The van der Waals surface area contributed by atoms with Crippen molar-refractivity contribution in [2.45, 2.75) is 18.9 Å². The zero-order chi connectivity index (χ0) is 20.8. The van der Waals surface area contributed by atoms with Crippen molar-refractivity contribution in [2.24, 2.45) is 0 Å². The number of rotatable bonds is 3. The molecular formula is C23H28N8. The lowest BCUT2D eigenvalue weighted by Crippen LogP contribution is -2.52. The maximum absolute atomic E-state index is 4.81. The average molecular weight is 417 g/mol. The second-order valence-electron chi connectivity index (χ2n) is 8.79. The van der Waals surface area contributed by atoms with Crippen molar-refractivity contribution in [3.05, 3.63) is 43.1 Å². The van der Waals surface area contributed by atoms with Crippen molar-refractivity contribution in [1.82, 2.24) is 34.4 Å². The molecule has 0 bridgehead atoms. The van der Waals surface area contributed by atoms with Crippen LogP contribution in [0.2, 0.25) is 0 Å². The van der Waals surface area contributed by atoms with Crippen LogP contribution in [-0.2, 0) is 0 Å². The Labute approximate surface area is 181 Å². The molecule has 4 aromatic rings. The lowest BCUT2D eigenvalue weighted by Gasteiger charge is -2.42. The number of pyridine rings is 1. The summed E-state index contributed by atoms with van der Waals surface area (Å²) in [7, 11) is 2.22. The Morgan fingerprint density at radius 2 is 1.77 bits per heavy atom. The summed E-state index contributed by atoms with van der Waals surface area (Å²) in [6.45, 7) is 6.94. The van der Waals surface area contributed by atoms with Crippen LogP contribution in [-0.4, -0.2) is 86.7 Å². The van der Waals surface area contributed by atoms with E-state index >= 15 is 0 Å². The summed E-state index contributed by atoms with van der Waals surface area (Å²) >= 11 is 0. The van der Waals surface area contributed by atoms with E-state index in [1.165, 1.54) is 39.0 Å². The van der Waals surface area contributed by atoms with Crippen LogP contribution in [0.25, 0.3) is 27.8 Å². The number of aromatic amines is 1. The summed E-state index contributed by atoms with van der Waals surface area (Å²) in [6, 6.07) is 4.81. The number of nitrogens with zero attached hydrogens (tertiary/aromatic N) is 7. The molecule has 2 saturated heterocycles. The normalized spacial score (nSPS) is 19.6. The zero-order valence-corrected chi connectivity index (χ0v) is 17.9. The Morgan fingerprint density at radius 1 is 0.935 bits per heavy atom. The molecule has 4 aromatic heterocycles. The summed E-state index contributed by atoms with van der Waals surface area (Å²) in [6.07, 6.45) is 12.2. The van der Waals surface area contributed by atoms with E-state index in [0.29, 0.717) is 6.04 Å². The third-order valence-electron chi connectivity index (χ3n) is 6.98. The monoisotopic (exact) mass is 416 g/mol. The molecular weight excluding hydrogens is 388 g/mol. The van der Waals surface area contributed by atoms with Gasteiger partial charge in [0.15, 0.2) is 5.65 Å². The number of fused-ring (bicyclic) bond motifs is 2. The van der Waals surface area contributed by atoms with Crippen LogP contribution in [0.5, 0.6) is 0 Å². The van der Waals surface area contributed by atoms with E-state index < -0.39 is 0 Å². The van der Waals surface area contributed by atoms with Crippen molar-refractivity contribution in [2.75, 3.05) is 51.2 Å². The molecule has 0 aliphatic carbocycles. The van der Waals surface area contributed by atoms with Gasteiger partial charge in [-0.15, -0.1) is 0 Å². The van der Waals surface area contributed by atoms with E-state index in [2.05, 4.69) is 49.1 Å². The topological polar surface area (TPSA) is 68.6 Å². The molecule has 6 rings (SSSR count). The first-order chi connectivity index (χ1) is 15.3. The minimum Gasteiger partial charge on any atom is -0.369 e. The third kappa shape index (κ3) is 3.36. The standard InChI is InChI=1S/C23H28N8/c1-28-10-12-30(13-11-28)17-4-8-29(9-5-17)18-14-26-23-21(15-27-31(23)16-18)19-2-6-24-22-20(19)3-7-25-22/h2-3,6-7,14-17H,4-5,8-13H2,1H3,(H,24,25). The molecule has 0 atom stereocenters. The molecule has 0 amide bonds. The minimum absolute atomic E-state index is 0.716. The van der Waals surface area contributed by atoms with Crippen LogP contribution in [0.4, 0.5) is 5.69 Å². The highest BCUT2D eigenvalue weighted by atomic mass is 15.3. The molecule has 2 aliphatic rings. The van der Waals surface area contributed by atoms with Crippen LogP contribution >= 0.6 is 0 Å². The first-order valence-corrected chi connectivity index (χ1v) is 11.2. The molecule has 0 unspecified atom stereocenters. The molecule has 0 radical (unpaired) electrons. The number of piperazine rings is 1. The smallest absolute Gasteiger partial charge is 0.162 e. The summed E-state index contributed by atoms with van der Waals surface area (Å²) < 4.78 is 1.91. The molecule has 8 heteroatoms. The van der Waals surface area contributed by atoms with Crippen molar-refractivity contribution in [1.29, 1.82) is 0 Å². The van der Waals surface area contributed by atoms with Gasteiger partial charge in [-0.1, -0.05) is 0 Å². The summed E-state index contributed by atoms with van der Waals surface area (Å²) in [5.41, 5.74) is 5.06. The Bertz CT molecular complexity index is 1190. The Kier molecular flexibility index (Phi) is 4.61. The van der Waals surface area contributed by atoms with E-state index in [1.807, 2.05) is 35.4 Å². The Balaban J connectivity index is 1.21. The van der Waals surface area contributed by atoms with Gasteiger partial charge >= 0.3 is 0 Å².